The van der Waals surface area contributed by atoms with E-state index in [0.29, 0.717) is 6.42 Å². The number of methoxy groups -OCH3 is 1. The molecule has 3 atom stereocenters. The van der Waals surface area contributed by atoms with Crippen molar-refractivity contribution >= 4 is 10.8 Å². The van der Waals surface area contributed by atoms with Crippen LogP contribution in [-0.2, 0) is 4.74 Å². The van der Waals surface area contributed by atoms with Crippen molar-refractivity contribution in [2.75, 3.05) is 7.11 Å². The zero-order valence-electron chi connectivity index (χ0n) is 10.9. The molecule has 97 valence electrons. The summed E-state index contributed by atoms with van der Waals surface area (Å²) in [6.07, 6.45) is 4.12. The van der Waals surface area contributed by atoms with Gasteiger partial charge < -0.3 is 9.84 Å². The second-order valence-electron chi connectivity index (χ2n) is 5.00. The predicted molar refractivity (Wildman–Crippen MR) is 76.1 cm³/mol. The monoisotopic (exact) mass is 253 g/mol. The Morgan fingerprint density at radius 2 is 2.00 bits per heavy atom. The van der Waals surface area contributed by atoms with Crippen LogP contribution in [0.1, 0.15) is 17.9 Å². The van der Waals surface area contributed by atoms with E-state index in [1.807, 2.05) is 18.2 Å². The zero-order valence-corrected chi connectivity index (χ0v) is 10.9. The number of rotatable bonds is 2. The van der Waals surface area contributed by atoms with E-state index in [1.54, 1.807) is 7.11 Å². The van der Waals surface area contributed by atoms with E-state index in [1.165, 1.54) is 5.39 Å². The van der Waals surface area contributed by atoms with E-state index in [0.717, 1.165) is 10.9 Å². The largest absolute Gasteiger partial charge is 0.390 e. The highest BCUT2D eigenvalue weighted by molar-refractivity contribution is 5.82. The van der Waals surface area contributed by atoms with E-state index in [9.17, 15) is 5.11 Å². The Balaban J connectivity index is 1.92. The molecule has 0 spiro atoms. The van der Waals surface area contributed by atoms with Gasteiger partial charge in [-0.1, -0.05) is 48.6 Å². The summed E-state index contributed by atoms with van der Waals surface area (Å²) in [6.45, 7) is 0. The van der Waals surface area contributed by atoms with Gasteiger partial charge in [-0.15, -0.1) is 0 Å². The van der Waals surface area contributed by atoms with Crippen molar-refractivity contribution < 1.29 is 9.84 Å². The zero-order chi connectivity index (χ0) is 13.2. The highest BCUT2D eigenvalue weighted by Crippen LogP contribution is 2.30. The molecule has 1 aliphatic rings. The van der Waals surface area contributed by atoms with Crippen molar-refractivity contribution in [3.05, 3.63) is 60.2 Å². The molecule has 0 saturated heterocycles. The third-order valence-electron chi connectivity index (χ3n) is 3.76. The summed E-state index contributed by atoms with van der Waals surface area (Å²) in [5.74, 6) is 0.214. The van der Waals surface area contributed by atoms with Crippen LogP contribution in [0.3, 0.4) is 0 Å². The van der Waals surface area contributed by atoms with Crippen molar-refractivity contribution in [2.45, 2.75) is 24.5 Å². The molecule has 0 aromatic heterocycles. The molecule has 2 aromatic carbocycles. The first-order chi connectivity index (χ1) is 9.28. The Hall–Kier alpha value is -1.64. The van der Waals surface area contributed by atoms with Gasteiger partial charge in [-0.2, -0.15) is 0 Å². The maximum atomic E-state index is 10.0. The van der Waals surface area contributed by atoms with Crippen LogP contribution >= 0.6 is 0 Å². The summed E-state index contributed by atoms with van der Waals surface area (Å²) in [5.41, 5.74) is 1.13. The third kappa shape index (κ3) is 2.42. The van der Waals surface area contributed by atoms with Crippen LogP contribution in [0.15, 0.2) is 48.6 Å². The molecule has 0 saturated carbocycles. The lowest BCUT2D eigenvalue weighted by molar-refractivity contribution is 0.00584. The average molecular weight is 253 g/mol. The molecular weight excluding hydrogens is 236 g/mol. The minimum Gasteiger partial charge on any atom is -0.390 e. The fourth-order valence-electron chi connectivity index (χ4n) is 2.66. The number of ether oxygens (including phenoxy) is 1. The fourth-order valence-corrected chi connectivity index (χ4v) is 2.66. The lowest BCUT2D eigenvalue weighted by atomic mass is 9.85. The molecule has 3 unspecified atom stereocenters. The number of hydrogen-bond donors (Lipinski definition) is 1. The minimum atomic E-state index is -0.445. The van der Waals surface area contributed by atoms with Crippen LogP contribution in [0.5, 0.6) is 0 Å². The van der Waals surface area contributed by atoms with Gasteiger partial charge in [0.15, 0.2) is 0 Å². The summed E-state index contributed by atoms with van der Waals surface area (Å²) in [4.78, 5) is 0. The van der Waals surface area contributed by atoms with Gasteiger partial charge in [-0.3, -0.25) is 0 Å². The molecule has 2 heteroatoms. The Bertz CT molecular complexity index is 603. The number of benzene rings is 2. The van der Waals surface area contributed by atoms with Crippen LogP contribution in [0.25, 0.3) is 10.8 Å². The van der Waals surface area contributed by atoms with Crippen molar-refractivity contribution in [1.29, 1.82) is 0 Å². The SMILES string of the molecule is COC1C=CC(c2[c]c3ccccc3cc2)CC1O. The number of aliphatic hydroxyl groups excluding tert-OH is 1. The molecule has 1 radical (unpaired) electrons. The number of hydrogen-bond acceptors (Lipinski definition) is 2. The highest BCUT2D eigenvalue weighted by Gasteiger charge is 2.25. The summed E-state index contributed by atoms with van der Waals surface area (Å²) < 4.78 is 5.21. The van der Waals surface area contributed by atoms with Crippen molar-refractivity contribution in [2.24, 2.45) is 0 Å². The summed E-state index contributed by atoms with van der Waals surface area (Å²) in [7, 11) is 1.63. The van der Waals surface area contributed by atoms with Gasteiger partial charge in [0.2, 0.25) is 0 Å². The molecule has 3 rings (SSSR count). The predicted octanol–water partition coefficient (Wildman–Crippen LogP) is 3.06. The van der Waals surface area contributed by atoms with Gasteiger partial charge in [0, 0.05) is 13.0 Å². The first-order valence-corrected chi connectivity index (χ1v) is 6.58. The Labute approximate surface area is 113 Å². The quantitative estimate of drug-likeness (QED) is 0.833. The molecule has 2 nitrogen and oxygen atoms in total. The van der Waals surface area contributed by atoms with Gasteiger partial charge in [0.25, 0.3) is 0 Å². The van der Waals surface area contributed by atoms with E-state index in [2.05, 4.69) is 36.4 Å². The molecule has 2 aromatic rings. The van der Waals surface area contributed by atoms with Crippen LogP contribution in [0.4, 0.5) is 0 Å². The first-order valence-electron chi connectivity index (χ1n) is 6.58. The van der Waals surface area contributed by atoms with Gasteiger partial charge >= 0.3 is 0 Å². The summed E-state index contributed by atoms with van der Waals surface area (Å²) in [5, 5.41) is 12.3. The highest BCUT2D eigenvalue weighted by atomic mass is 16.5. The van der Waals surface area contributed by atoms with Gasteiger partial charge in [-0.25, -0.2) is 0 Å². The smallest absolute Gasteiger partial charge is 0.101 e. The summed E-state index contributed by atoms with van der Waals surface area (Å²) >= 11 is 0. The normalized spacial score (nSPS) is 26.7. The van der Waals surface area contributed by atoms with E-state index in [-0.39, 0.29) is 12.0 Å². The Morgan fingerprint density at radius 3 is 2.79 bits per heavy atom. The van der Waals surface area contributed by atoms with E-state index < -0.39 is 6.10 Å². The van der Waals surface area contributed by atoms with Crippen molar-refractivity contribution in [3.63, 3.8) is 0 Å². The minimum absolute atomic E-state index is 0.184. The van der Waals surface area contributed by atoms with Gasteiger partial charge in [0.05, 0.1) is 6.10 Å². The second-order valence-corrected chi connectivity index (χ2v) is 5.00. The molecule has 0 bridgehead atoms. The van der Waals surface area contributed by atoms with Crippen molar-refractivity contribution in [3.8, 4) is 0 Å². The van der Waals surface area contributed by atoms with Crippen molar-refractivity contribution in [1.82, 2.24) is 0 Å². The Morgan fingerprint density at radius 1 is 1.16 bits per heavy atom. The third-order valence-corrected chi connectivity index (χ3v) is 3.76. The van der Waals surface area contributed by atoms with Crippen LogP contribution in [0.2, 0.25) is 0 Å². The fraction of sp³-hybridized carbons (Fsp3) is 0.294. The topological polar surface area (TPSA) is 29.5 Å². The van der Waals surface area contributed by atoms with Crippen LogP contribution in [0, 0.1) is 6.07 Å². The molecular formula is C17H17O2. The standard InChI is InChI=1S/C17H17O2/c1-19-17-9-8-15(11-16(17)18)14-7-6-12-4-2-3-5-13(12)10-14/h2-9,15-18H,11H2,1H3. The first kappa shape index (κ1) is 12.4. The maximum absolute atomic E-state index is 10.0. The van der Waals surface area contributed by atoms with Gasteiger partial charge in [0.1, 0.15) is 6.10 Å². The Kier molecular flexibility index (Phi) is 3.36. The van der Waals surface area contributed by atoms with Gasteiger partial charge in [-0.05, 0) is 28.8 Å². The molecule has 19 heavy (non-hydrogen) atoms. The summed E-state index contributed by atoms with van der Waals surface area (Å²) in [6, 6.07) is 15.9. The number of fused-ring (bicyclic) bond motifs is 1. The maximum Gasteiger partial charge on any atom is 0.101 e. The molecule has 0 amide bonds. The van der Waals surface area contributed by atoms with E-state index in [4.69, 9.17) is 4.74 Å². The number of allylic oxidation sites excluding steroid dienone is 1. The average Bonchev–Trinajstić information content (AvgIpc) is 2.46. The number of aliphatic hydroxyl groups is 1. The molecule has 1 aliphatic carbocycles. The lowest BCUT2D eigenvalue weighted by Crippen LogP contribution is -2.30. The molecule has 0 heterocycles. The lowest BCUT2D eigenvalue weighted by Gasteiger charge is -2.27. The van der Waals surface area contributed by atoms with E-state index >= 15 is 0 Å². The molecule has 0 aliphatic heterocycles. The van der Waals surface area contributed by atoms with Crippen LogP contribution in [-0.4, -0.2) is 24.4 Å². The van der Waals surface area contributed by atoms with Crippen LogP contribution < -0.4 is 0 Å². The second kappa shape index (κ2) is 5.16. The molecule has 0 fully saturated rings. The molecule has 1 N–H and O–H groups in total.